The lowest BCUT2D eigenvalue weighted by Crippen LogP contribution is -2.59. The molecule has 1 heterocycles. The highest BCUT2D eigenvalue weighted by Gasteiger charge is 2.35. The summed E-state index contributed by atoms with van der Waals surface area (Å²) in [6.07, 6.45) is 1.88. The molecule has 3 rings (SSSR count). The Bertz CT molecular complexity index is 1430. The Hall–Kier alpha value is -4.91. The van der Waals surface area contributed by atoms with E-state index in [1.54, 1.807) is 45.0 Å². The van der Waals surface area contributed by atoms with Crippen molar-refractivity contribution in [2.24, 2.45) is 0 Å². The second-order valence-electron chi connectivity index (χ2n) is 11.5. The normalized spacial score (nSPS) is 12.9. The van der Waals surface area contributed by atoms with Gasteiger partial charge >= 0.3 is 12.1 Å². The van der Waals surface area contributed by atoms with E-state index in [1.165, 1.54) is 38.0 Å². The molecule has 0 spiro atoms. The van der Waals surface area contributed by atoms with Gasteiger partial charge in [-0.25, -0.2) is 9.59 Å². The lowest BCUT2D eigenvalue weighted by atomic mass is 10.0. The van der Waals surface area contributed by atoms with Crippen LogP contribution >= 0.6 is 0 Å². The van der Waals surface area contributed by atoms with Crippen molar-refractivity contribution in [3.63, 3.8) is 0 Å². The zero-order valence-electron chi connectivity index (χ0n) is 25.6. The maximum absolute atomic E-state index is 13.4. The number of rotatable bonds is 13. The van der Waals surface area contributed by atoms with Crippen molar-refractivity contribution in [1.29, 1.82) is 0 Å². The maximum atomic E-state index is 13.4. The number of aromatic nitrogens is 2. The van der Waals surface area contributed by atoms with Gasteiger partial charge in [-0.1, -0.05) is 42.5 Å². The second kappa shape index (κ2) is 14.5. The van der Waals surface area contributed by atoms with Crippen molar-refractivity contribution in [3.8, 4) is 5.75 Å². The molecule has 3 amide bonds. The summed E-state index contributed by atoms with van der Waals surface area (Å²) < 4.78 is 17.4. The number of anilines is 1. The summed E-state index contributed by atoms with van der Waals surface area (Å²) >= 11 is 0. The van der Waals surface area contributed by atoms with E-state index in [-0.39, 0.29) is 18.9 Å². The Morgan fingerprint density at radius 2 is 1.64 bits per heavy atom. The van der Waals surface area contributed by atoms with Crippen LogP contribution in [0, 0.1) is 0 Å². The topological polar surface area (TPSA) is 170 Å². The van der Waals surface area contributed by atoms with Gasteiger partial charge in [-0.15, -0.1) is 0 Å². The van der Waals surface area contributed by atoms with Crippen molar-refractivity contribution in [3.05, 3.63) is 78.1 Å². The molecular formula is C31H39N5O8. The third-order valence-corrected chi connectivity index (χ3v) is 6.20. The summed E-state index contributed by atoms with van der Waals surface area (Å²) in [7, 11) is 1.51. The van der Waals surface area contributed by atoms with Crippen LogP contribution in [0.2, 0.25) is 0 Å². The molecule has 2 atom stereocenters. The molecule has 4 N–H and O–H groups in total. The first-order valence-electron chi connectivity index (χ1n) is 13.8. The number of nitrogens with one attached hydrogen (secondary N) is 3. The fraction of sp³-hybridized carbons (Fsp3) is 0.387. The lowest BCUT2D eigenvalue weighted by Gasteiger charge is -2.29. The number of methoxy groups -OCH3 is 1. The Kier molecular flexibility index (Phi) is 11.1. The van der Waals surface area contributed by atoms with E-state index in [9.17, 15) is 24.3 Å². The third-order valence-electron chi connectivity index (χ3n) is 6.20. The average Bonchev–Trinajstić information content (AvgIpc) is 3.39. The molecule has 13 nitrogen and oxygen atoms in total. The molecule has 0 bridgehead atoms. The molecule has 0 saturated heterocycles. The summed E-state index contributed by atoms with van der Waals surface area (Å²) in [6.45, 7) is 8.02. The molecular weight excluding hydrogens is 570 g/mol. The van der Waals surface area contributed by atoms with E-state index < -0.39 is 47.1 Å². The first kappa shape index (κ1) is 33.6. The number of carboxylic acid groups (broad SMARTS) is 1. The first-order valence-corrected chi connectivity index (χ1v) is 13.8. The van der Waals surface area contributed by atoms with E-state index in [0.29, 0.717) is 11.3 Å². The molecule has 0 aliphatic heterocycles. The van der Waals surface area contributed by atoms with Crippen LogP contribution in [0.3, 0.4) is 0 Å². The highest BCUT2D eigenvalue weighted by Crippen LogP contribution is 2.23. The largest absolute Gasteiger partial charge is 0.497 e. The molecule has 0 saturated carbocycles. The van der Waals surface area contributed by atoms with Gasteiger partial charge in [0.1, 0.15) is 22.9 Å². The summed E-state index contributed by atoms with van der Waals surface area (Å²) in [4.78, 5) is 51.1. The molecule has 0 aliphatic carbocycles. The number of aliphatic carboxylic acids is 1. The smallest absolute Gasteiger partial charge is 0.408 e. The van der Waals surface area contributed by atoms with Crippen molar-refractivity contribution in [1.82, 2.24) is 20.4 Å². The Morgan fingerprint density at radius 3 is 2.23 bits per heavy atom. The molecule has 2 aromatic carbocycles. The lowest BCUT2D eigenvalue weighted by molar-refractivity contribution is -0.139. The van der Waals surface area contributed by atoms with E-state index in [1.807, 2.05) is 30.3 Å². The Labute approximate surface area is 255 Å². The molecule has 0 aliphatic rings. The van der Waals surface area contributed by atoms with Crippen LogP contribution in [0.1, 0.15) is 51.8 Å². The highest BCUT2D eigenvalue weighted by molar-refractivity contribution is 5.99. The molecule has 0 radical (unpaired) electrons. The summed E-state index contributed by atoms with van der Waals surface area (Å²) in [5, 5.41) is 21.9. The van der Waals surface area contributed by atoms with Crippen LogP contribution in [-0.2, 0) is 30.5 Å². The Balaban J connectivity index is 1.76. The van der Waals surface area contributed by atoms with E-state index in [4.69, 9.17) is 14.2 Å². The third kappa shape index (κ3) is 9.83. The highest BCUT2D eigenvalue weighted by atomic mass is 16.6. The van der Waals surface area contributed by atoms with Gasteiger partial charge in [0.05, 0.1) is 32.2 Å². The summed E-state index contributed by atoms with van der Waals surface area (Å²) in [6, 6.07) is 13.4. The number of alkyl carbamates (subject to hydrolysis) is 1. The minimum absolute atomic E-state index is 0.181. The van der Waals surface area contributed by atoms with E-state index in [0.717, 1.165) is 5.56 Å². The van der Waals surface area contributed by atoms with Gasteiger partial charge in [0.15, 0.2) is 6.04 Å². The summed E-state index contributed by atoms with van der Waals surface area (Å²) in [5.74, 6) is -1.89. The Morgan fingerprint density at radius 1 is 0.977 bits per heavy atom. The molecule has 13 heteroatoms. The van der Waals surface area contributed by atoms with Crippen molar-refractivity contribution in [2.75, 3.05) is 19.0 Å². The standard InChI is InChI=1S/C31H39N5O8/c1-30(2,3)44-29(41)35-31(4,5)28(40)34-24(19-43-18-20-10-8-7-9-11-20)26(37)33-22-16-32-36(17-22)25(27(38)39)21-12-14-23(42-6)15-13-21/h7-17,24-25H,18-19H2,1-6H3,(H,33,37)(H,34,40)(H,35,41)(H,38,39). The van der Waals surface area contributed by atoms with E-state index >= 15 is 0 Å². The van der Waals surface area contributed by atoms with Gasteiger partial charge < -0.3 is 35.3 Å². The predicted molar refractivity (Wildman–Crippen MR) is 161 cm³/mol. The van der Waals surface area contributed by atoms with Crippen LogP contribution in [0.4, 0.5) is 10.5 Å². The number of carboxylic acids is 1. The fourth-order valence-corrected chi connectivity index (χ4v) is 3.97. The van der Waals surface area contributed by atoms with Crippen LogP contribution in [0.5, 0.6) is 5.75 Å². The maximum Gasteiger partial charge on any atom is 0.408 e. The minimum atomic E-state index is -1.45. The monoisotopic (exact) mass is 609 g/mol. The number of carbonyl (C=O) groups is 4. The molecule has 0 fully saturated rings. The van der Waals surface area contributed by atoms with Gasteiger partial charge in [0, 0.05) is 6.20 Å². The fourth-order valence-electron chi connectivity index (χ4n) is 3.97. The zero-order valence-corrected chi connectivity index (χ0v) is 25.6. The van der Waals surface area contributed by atoms with E-state index in [2.05, 4.69) is 21.0 Å². The van der Waals surface area contributed by atoms with Gasteiger partial charge in [-0.2, -0.15) is 5.10 Å². The van der Waals surface area contributed by atoms with Gasteiger partial charge in [0.2, 0.25) is 11.8 Å². The molecule has 2 unspecified atom stereocenters. The van der Waals surface area contributed by atoms with Crippen LogP contribution in [0.15, 0.2) is 67.0 Å². The quantitative estimate of drug-likeness (QED) is 0.226. The molecule has 44 heavy (non-hydrogen) atoms. The minimum Gasteiger partial charge on any atom is -0.497 e. The number of nitrogens with zero attached hydrogens (tertiary/aromatic N) is 2. The predicted octanol–water partition coefficient (Wildman–Crippen LogP) is 3.51. The van der Waals surface area contributed by atoms with Crippen LogP contribution in [0.25, 0.3) is 0 Å². The first-order chi connectivity index (χ1) is 20.7. The van der Waals surface area contributed by atoms with Gasteiger partial charge in [0.25, 0.3) is 0 Å². The number of benzene rings is 2. The molecule has 3 aromatic rings. The summed E-state index contributed by atoms with van der Waals surface area (Å²) in [5.41, 5.74) is -0.717. The molecule has 1 aromatic heterocycles. The average molecular weight is 610 g/mol. The van der Waals surface area contributed by atoms with Gasteiger partial charge in [-0.3, -0.25) is 14.3 Å². The van der Waals surface area contributed by atoms with Crippen LogP contribution < -0.4 is 20.7 Å². The number of hydrogen-bond donors (Lipinski definition) is 4. The number of hydrogen-bond acceptors (Lipinski definition) is 8. The van der Waals surface area contributed by atoms with Gasteiger partial charge in [-0.05, 0) is 57.9 Å². The van der Waals surface area contributed by atoms with Crippen molar-refractivity contribution in [2.45, 2.75) is 64.4 Å². The van der Waals surface area contributed by atoms with Crippen molar-refractivity contribution >= 4 is 29.6 Å². The van der Waals surface area contributed by atoms with Crippen molar-refractivity contribution < 1.29 is 38.5 Å². The van der Waals surface area contributed by atoms with Crippen LogP contribution in [-0.4, -0.2) is 69.7 Å². The number of ether oxygens (including phenoxy) is 3. The number of amides is 3. The second-order valence-corrected chi connectivity index (χ2v) is 11.5. The number of carbonyl (C=O) groups excluding carboxylic acids is 3. The SMILES string of the molecule is COc1ccc(C(C(=O)O)n2cc(NC(=O)C(COCc3ccccc3)NC(=O)C(C)(C)NC(=O)OC(C)(C)C)cn2)cc1. The molecule has 236 valence electrons. The zero-order chi connectivity index (χ0) is 32.5.